The lowest BCUT2D eigenvalue weighted by Gasteiger charge is -2.48. The van der Waals surface area contributed by atoms with E-state index < -0.39 is 10.5 Å². The number of hydrogen-bond acceptors (Lipinski definition) is 4. The quantitative estimate of drug-likeness (QED) is 0.762. The first kappa shape index (κ1) is 16.1. The number of halogens is 1. The number of carbonyl (C=O) groups excluding carboxylic acids is 1. The molecule has 4 rings (SSSR count). The van der Waals surface area contributed by atoms with Gasteiger partial charge in [0.1, 0.15) is 11.5 Å². The summed E-state index contributed by atoms with van der Waals surface area (Å²) < 4.78 is 38.4. The number of fused-ring (bicyclic) bond motifs is 5. The first-order valence-electron chi connectivity index (χ1n) is 8.58. The highest BCUT2D eigenvalue weighted by Crippen LogP contribution is 2.59. The Hall–Kier alpha value is -1.43. The molecule has 4 atom stereocenters. The summed E-state index contributed by atoms with van der Waals surface area (Å²) in [4.78, 5) is 12.3. The number of aryl methyl sites for hydroxylation is 1. The SMILES string of the molecule is C[C@]12CC[C@@H]3c4ccc(OS(=O)(=O)F)cc4CC[C@H]3[C@@H]1CCC2=O. The van der Waals surface area contributed by atoms with E-state index in [1.807, 2.05) is 6.07 Å². The summed E-state index contributed by atoms with van der Waals surface area (Å²) in [7, 11) is -4.99. The van der Waals surface area contributed by atoms with Gasteiger partial charge in [-0.3, -0.25) is 4.79 Å². The number of hydrogen-bond donors (Lipinski definition) is 0. The van der Waals surface area contributed by atoms with Gasteiger partial charge in [0.2, 0.25) is 0 Å². The molecule has 0 spiro atoms. The van der Waals surface area contributed by atoms with Crippen LogP contribution in [-0.2, 0) is 21.7 Å². The molecule has 1 aromatic carbocycles. The van der Waals surface area contributed by atoms with Crippen molar-refractivity contribution < 1.29 is 21.3 Å². The van der Waals surface area contributed by atoms with Crippen LogP contribution >= 0.6 is 0 Å². The van der Waals surface area contributed by atoms with Crippen molar-refractivity contribution in [1.82, 2.24) is 0 Å². The smallest absolute Gasteiger partial charge is 0.358 e. The van der Waals surface area contributed by atoms with E-state index in [1.165, 1.54) is 11.6 Å². The normalized spacial score (nSPS) is 35.1. The van der Waals surface area contributed by atoms with Crippen LogP contribution in [0.25, 0.3) is 0 Å². The molecule has 1 aromatic rings. The Labute approximate surface area is 141 Å². The van der Waals surface area contributed by atoms with Crippen LogP contribution in [-0.4, -0.2) is 14.2 Å². The predicted molar refractivity (Wildman–Crippen MR) is 86.7 cm³/mol. The highest BCUT2D eigenvalue weighted by Gasteiger charge is 2.54. The number of benzene rings is 1. The molecule has 0 bridgehead atoms. The third-order valence-corrected chi connectivity index (χ3v) is 6.99. The van der Waals surface area contributed by atoms with Crippen molar-refractivity contribution in [3.63, 3.8) is 0 Å². The molecule has 3 aliphatic carbocycles. The van der Waals surface area contributed by atoms with Crippen molar-refractivity contribution in [3.05, 3.63) is 29.3 Å². The van der Waals surface area contributed by atoms with E-state index in [9.17, 15) is 17.1 Å². The molecule has 0 N–H and O–H groups in total. The Morgan fingerprint density at radius 2 is 2.00 bits per heavy atom. The molecule has 0 saturated heterocycles. The second-order valence-corrected chi connectivity index (χ2v) is 8.62. The van der Waals surface area contributed by atoms with Crippen molar-refractivity contribution in [2.75, 3.05) is 0 Å². The van der Waals surface area contributed by atoms with Crippen LogP contribution in [0.5, 0.6) is 5.75 Å². The molecule has 0 radical (unpaired) electrons. The second-order valence-electron chi connectivity index (χ2n) is 7.67. The average Bonchev–Trinajstić information content (AvgIpc) is 2.81. The van der Waals surface area contributed by atoms with E-state index in [4.69, 9.17) is 0 Å². The van der Waals surface area contributed by atoms with Gasteiger partial charge in [-0.15, -0.1) is 0 Å². The van der Waals surface area contributed by atoms with Gasteiger partial charge >= 0.3 is 10.5 Å². The minimum atomic E-state index is -4.99. The lowest BCUT2D eigenvalue weighted by molar-refractivity contribution is -0.129. The van der Waals surface area contributed by atoms with Gasteiger partial charge in [-0.05, 0) is 73.1 Å². The highest BCUT2D eigenvalue weighted by molar-refractivity contribution is 7.81. The molecule has 3 aliphatic rings. The zero-order valence-corrected chi connectivity index (χ0v) is 14.4. The van der Waals surface area contributed by atoms with E-state index in [1.54, 1.807) is 6.07 Å². The van der Waals surface area contributed by atoms with Crippen molar-refractivity contribution in [2.45, 2.75) is 51.4 Å². The molecule has 6 heteroatoms. The minimum Gasteiger partial charge on any atom is -0.358 e. The van der Waals surface area contributed by atoms with Gasteiger partial charge in [-0.1, -0.05) is 16.9 Å². The van der Waals surface area contributed by atoms with Crippen molar-refractivity contribution in [1.29, 1.82) is 0 Å². The van der Waals surface area contributed by atoms with Crippen LogP contribution in [0, 0.1) is 17.3 Å². The van der Waals surface area contributed by atoms with Crippen molar-refractivity contribution in [3.8, 4) is 5.75 Å². The lowest BCUT2D eigenvalue weighted by Crippen LogP contribution is -2.42. The van der Waals surface area contributed by atoms with Gasteiger partial charge in [0.25, 0.3) is 0 Å². The Bertz CT molecular complexity index is 803. The van der Waals surface area contributed by atoms with Crippen LogP contribution < -0.4 is 4.18 Å². The second kappa shape index (κ2) is 5.28. The summed E-state index contributed by atoms with van der Waals surface area (Å²) in [6, 6.07) is 5.06. The van der Waals surface area contributed by atoms with E-state index in [0.717, 1.165) is 37.7 Å². The maximum atomic E-state index is 12.7. The van der Waals surface area contributed by atoms with Crippen LogP contribution in [0.2, 0.25) is 0 Å². The Kier molecular flexibility index (Phi) is 3.53. The Balaban J connectivity index is 1.65. The topological polar surface area (TPSA) is 60.4 Å². The van der Waals surface area contributed by atoms with Gasteiger partial charge < -0.3 is 4.18 Å². The zero-order chi connectivity index (χ0) is 17.1. The molecule has 0 amide bonds. The fourth-order valence-corrected chi connectivity index (χ4v) is 5.83. The van der Waals surface area contributed by atoms with E-state index >= 15 is 0 Å². The summed E-state index contributed by atoms with van der Waals surface area (Å²) in [5, 5.41) is 0. The largest absolute Gasteiger partial charge is 0.488 e. The summed E-state index contributed by atoms with van der Waals surface area (Å²) in [5.41, 5.74) is 2.12. The molecule has 0 aliphatic heterocycles. The van der Waals surface area contributed by atoms with Gasteiger partial charge in [-0.25, -0.2) is 0 Å². The van der Waals surface area contributed by atoms with Crippen LogP contribution in [0.15, 0.2) is 18.2 Å². The first-order valence-corrected chi connectivity index (χ1v) is 9.89. The standard InChI is InChI=1S/C18H21FO4S/c1-18-9-8-14-13-5-3-12(23-24(19,21)22)10-11(13)2-4-15(14)16(18)6-7-17(18)20/h3,5,10,14-16H,2,4,6-9H2,1H3/t14-,15-,16+,18+/m1/s1. The van der Waals surface area contributed by atoms with Crippen LogP contribution in [0.4, 0.5) is 3.89 Å². The zero-order valence-electron chi connectivity index (χ0n) is 13.6. The molecule has 2 fully saturated rings. The predicted octanol–water partition coefficient (Wildman–Crippen LogP) is 3.70. The van der Waals surface area contributed by atoms with Gasteiger partial charge in [0.15, 0.2) is 0 Å². The summed E-state index contributed by atoms with van der Waals surface area (Å²) in [5.74, 6) is 1.84. The fourth-order valence-electron chi connectivity index (χ4n) is 5.50. The summed E-state index contributed by atoms with van der Waals surface area (Å²) >= 11 is 0. The minimum absolute atomic E-state index is 0.0337. The summed E-state index contributed by atoms with van der Waals surface area (Å²) in [6.45, 7) is 2.14. The third kappa shape index (κ3) is 2.46. The molecule has 24 heavy (non-hydrogen) atoms. The average molecular weight is 352 g/mol. The van der Waals surface area contributed by atoms with Gasteiger partial charge in [0.05, 0.1) is 0 Å². The number of carbonyl (C=O) groups is 1. The van der Waals surface area contributed by atoms with Gasteiger partial charge in [0, 0.05) is 11.8 Å². The van der Waals surface area contributed by atoms with Gasteiger partial charge in [-0.2, -0.15) is 8.42 Å². The number of rotatable bonds is 2. The lowest BCUT2D eigenvalue weighted by atomic mass is 9.55. The van der Waals surface area contributed by atoms with E-state index in [0.29, 0.717) is 30.0 Å². The molecule has 0 unspecified atom stereocenters. The Morgan fingerprint density at radius 3 is 2.75 bits per heavy atom. The number of Topliss-reactive ketones (excluding diaryl/α,β-unsaturated/α-hetero) is 1. The maximum Gasteiger partial charge on any atom is 0.488 e. The van der Waals surface area contributed by atoms with E-state index in [-0.39, 0.29) is 11.2 Å². The molecule has 0 heterocycles. The summed E-state index contributed by atoms with van der Waals surface area (Å²) in [6.07, 6.45) is 5.43. The van der Waals surface area contributed by atoms with Crippen molar-refractivity contribution in [2.24, 2.45) is 17.3 Å². The molecular formula is C18H21FO4S. The third-order valence-electron chi connectivity index (χ3n) is 6.60. The molecule has 2 saturated carbocycles. The van der Waals surface area contributed by atoms with Crippen LogP contribution in [0.3, 0.4) is 0 Å². The monoisotopic (exact) mass is 352 g/mol. The maximum absolute atomic E-state index is 12.7. The number of ketones is 1. The fraction of sp³-hybridized carbons (Fsp3) is 0.611. The first-order chi connectivity index (χ1) is 11.3. The Morgan fingerprint density at radius 1 is 1.21 bits per heavy atom. The molecule has 4 nitrogen and oxygen atoms in total. The van der Waals surface area contributed by atoms with E-state index in [2.05, 4.69) is 11.1 Å². The van der Waals surface area contributed by atoms with Crippen LogP contribution in [0.1, 0.15) is 56.1 Å². The molecular weight excluding hydrogens is 331 g/mol. The van der Waals surface area contributed by atoms with Crippen molar-refractivity contribution >= 4 is 16.3 Å². The molecule has 0 aromatic heterocycles. The highest BCUT2D eigenvalue weighted by atomic mass is 32.3. The molecule has 130 valence electrons.